The molecule has 0 N–H and O–H groups in total. The van der Waals surface area contributed by atoms with Crippen molar-refractivity contribution in [3.8, 4) is 0 Å². The Morgan fingerprint density at radius 3 is 2.40 bits per heavy atom. The predicted octanol–water partition coefficient (Wildman–Crippen LogP) is 1.32. The average Bonchev–Trinajstić information content (AvgIpc) is 2.63. The number of ether oxygens (including phenoxy) is 2. The largest absolute Gasteiger partial charge is 0.346 e. The Kier molecular flexibility index (Phi) is 4.91. The molecule has 0 saturated heterocycles. The highest BCUT2D eigenvalue weighted by atomic mass is 16.7. The summed E-state index contributed by atoms with van der Waals surface area (Å²) < 4.78 is 10.4. The van der Waals surface area contributed by atoms with Crippen molar-refractivity contribution in [2.24, 2.45) is 5.92 Å². The molecule has 1 atom stereocenters. The third kappa shape index (κ3) is 3.11. The summed E-state index contributed by atoms with van der Waals surface area (Å²) in [6.07, 6.45) is 1.11. The number of hydrogen-bond donors (Lipinski definition) is 0. The maximum Gasteiger partial charge on any atom is 0.218 e. The zero-order chi connectivity index (χ0) is 11.3. The molecule has 0 bridgehead atoms. The average molecular weight is 214 g/mol. The highest BCUT2D eigenvalue weighted by molar-refractivity contribution is 6.04. The highest BCUT2D eigenvalue weighted by Gasteiger charge is 2.35. The molecule has 0 radical (unpaired) electrons. The van der Waals surface area contributed by atoms with Gasteiger partial charge in [0.25, 0.3) is 0 Å². The summed E-state index contributed by atoms with van der Waals surface area (Å²) in [6, 6.07) is 0. The van der Waals surface area contributed by atoms with E-state index in [1.807, 2.05) is 0 Å². The quantitative estimate of drug-likeness (QED) is 0.494. The fourth-order valence-corrected chi connectivity index (χ4v) is 1.80. The summed E-state index contributed by atoms with van der Waals surface area (Å²) in [4.78, 5) is 23.3. The lowest BCUT2D eigenvalue weighted by Gasteiger charge is -2.18. The zero-order valence-corrected chi connectivity index (χ0v) is 9.32. The van der Waals surface area contributed by atoms with Gasteiger partial charge in [-0.25, -0.2) is 0 Å². The third-order valence-electron chi connectivity index (χ3n) is 2.52. The Labute approximate surface area is 89.9 Å². The summed E-state index contributed by atoms with van der Waals surface area (Å²) in [7, 11) is 0. The number of hydrogen-bond acceptors (Lipinski definition) is 4. The second kappa shape index (κ2) is 5.98. The van der Waals surface area contributed by atoms with Crippen LogP contribution in [0.15, 0.2) is 0 Å². The molecular formula is C11H18O4. The molecule has 0 aromatic rings. The van der Waals surface area contributed by atoms with E-state index in [1.54, 1.807) is 13.8 Å². The molecule has 0 spiro atoms. The van der Waals surface area contributed by atoms with Crippen molar-refractivity contribution in [3.05, 3.63) is 0 Å². The van der Waals surface area contributed by atoms with Gasteiger partial charge in [-0.3, -0.25) is 9.59 Å². The van der Waals surface area contributed by atoms with Crippen molar-refractivity contribution in [2.45, 2.75) is 39.4 Å². The molecular weight excluding hydrogens is 196 g/mol. The fraction of sp³-hybridized carbons (Fsp3) is 0.818. The SMILES string of the molecule is CCOC(OCC)C(=O)C1CCCC1=O. The van der Waals surface area contributed by atoms with Crippen LogP contribution < -0.4 is 0 Å². The van der Waals surface area contributed by atoms with Crippen molar-refractivity contribution in [1.29, 1.82) is 0 Å². The summed E-state index contributed by atoms with van der Waals surface area (Å²) >= 11 is 0. The van der Waals surface area contributed by atoms with Crippen LogP contribution in [0.2, 0.25) is 0 Å². The molecule has 0 heterocycles. The summed E-state index contributed by atoms with van der Waals surface area (Å²) in [5.74, 6) is -0.668. The Morgan fingerprint density at radius 2 is 2.00 bits per heavy atom. The standard InChI is InChI=1S/C11H18O4/c1-3-14-11(15-4-2)10(13)8-6-5-7-9(8)12/h8,11H,3-7H2,1-2H3. The molecule has 1 rings (SSSR count). The molecule has 4 nitrogen and oxygen atoms in total. The van der Waals surface area contributed by atoms with Crippen LogP contribution in [-0.4, -0.2) is 31.1 Å². The van der Waals surface area contributed by atoms with Crippen molar-refractivity contribution in [3.63, 3.8) is 0 Å². The molecule has 1 unspecified atom stereocenters. The van der Waals surface area contributed by atoms with Gasteiger partial charge in [-0.2, -0.15) is 0 Å². The second-order valence-electron chi connectivity index (χ2n) is 3.56. The molecule has 15 heavy (non-hydrogen) atoms. The summed E-state index contributed by atoms with van der Waals surface area (Å²) in [5, 5.41) is 0. The van der Waals surface area contributed by atoms with Crippen LogP contribution in [-0.2, 0) is 19.1 Å². The van der Waals surface area contributed by atoms with Crippen LogP contribution in [0.3, 0.4) is 0 Å². The van der Waals surface area contributed by atoms with Gasteiger partial charge in [-0.15, -0.1) is 0 Å². The van der Waals surface area contributed by atoms with Crippen LogP contribution in [0.1, 0.15) is 33.1 Å². The first-order valence-electron chi connectivity index (χ1n) is 5.50. The third-order valence-corrected chi connectivity index (χ3v) is 2.52. The molecule has 1 aliphatic rings. The number of rotatable bonds is 6. The van der Waals surface area contributed by atoms with Gasteiger partial charge in [0, 0.05) is 19.6 Å². The molecule has 4 heteroatoms. The first-order valence-corrected chi connectivity index (χ1v) is 5.50. The van der Waals surface area contributed by atoms with E-state index < -0.39 is 12.2 Å². The van der Waals surface area contributed by atoms with Crippen molar-refractivity contribution < 1.29 is 19.1 Å². The van der Waals surface area contributed by atoms with Gasteiger partial charge in [0.05, 0.1) is 5.92 Å². The lowest BCUT2D eigenvalue weighted by Crippen LogP contribution is -2.35. The number of ketones is 2. The van der Waals surface area contributed by atoms with Crippen LogP contribution in [0.25, 0.3) is 0 Å². The van der Waals surface area contributed by atoms with E-state index in [0.717, 1.165) is 6.42 Å². The molecule has 1 fully saturated rings. The number of carbonyl (C=O) groups is 2. The normalized spacial score (nSPS) is 21.3. The number of carbonyl (C=O) groups excluding carboxylic acids is 2. The zero-order valence-electron chi connectivity index (χ0n) is 9.32. The van der Waals surface area contributed by atoms with Gasteiger partial charge in [0.1, 0.15) is 5.78 Å². The first kappa shape index (κ1) is 12.3. The topological polar surface area (TPSA) is 52.6 Å². The molecule has 0 amide bonds. The van der Waals surface area contributed by atoms with Crippen molar-refractivity contribution in [1.82, 2.24) is 0 Å². The Morgan fingerprint density at radius 1 is 1.40 bits per heavy atom. The minimum Gasteiger partial charge on any atom is -0.346 e. The molecule has 1 saturated carbocycles. The van der Waals surface area contributed by atoms with Crippen molar-refractivity contribution in [2.75, 3.05) is 13.2 Å². The van der Waals surface area contributed by atoms with Gasteiger partial charge in [0.2, 0.25) is 6.29 Å². The number of Topliss-reactive ketones (excluding diaryl/α,β-unsaturated/α-hetero) is 2. The Bertz CT molecular complexity index is 231. The van der Waals surface area contributed by atoms with Crippen molar-refractivity contribution >= 4 is 11.6 Å². The first-order chi connectivity index (χ1) is 7.20. The summed E-state index contributed by atoms with van der Waals surface area (Å²) in [5.41, 5.74) is 0. The van der Waals surface area contributed by atoms with Gasteiger partial charge < -0.3 is 9.47 Å². The van der Waals surface area contributed by atoms with E-state index in [2.05, 4.69) is 0 Å². The van der Waals surface area contributed by atoms with E-state index >= 15 is 0 Å². The van der Waals surface area contributed by atoms with Gasteiger partial charge in [0.15, 0.2) is 5.78 Å². The van der Waals surface area contributed by atoms with Gasteiger partial charge in [-0.1, -0.05) is 0 Å². The van der Waals surface area contributed by atoms with E-state index in [1.165, 1.54) is 0 Å². The predicted molar refractivity (Wildman–Crippen MR) is 54.4 cm³/mol. The molecule has 0 aromatic heterocycles. The van der Waals surface area contributed by atoms with E-state index in [-0.39, 0.29) is 11.6 Å². The van der Waals surface area contributed by atoms with E-state index in [0.29, 0.717) is 26.1 Å². The van der Waals surface area contributed by atoms with Gasteiger partial charge in [-0.05, 0) is 26.7 Å². The van der Waals surface area contributed by atoms with Crippen LogP contribution in [0.4, 0.5) is 0 Å². The molecule has 1 aliphatic carbocycles. The monoisotopic (exact) mass is 214 g/mol. The van der Waals surface area contributed by atoms with Crippen LogP contribution in [0.5, 0.6) is 0 Å². The minimum atomic E-state index is -0.855. The van der Waals surface area contributed by atoms with Crippen LogP contribution in [0, 0.1) is 5.92 Å². The maximum atomic E-state index is 11.9. The molecule has 86 valence electrons. The lowest BCUT2D eigenvalue weighted by molar-refractivity contribution is -0.172. The van der Waals surface area contributed by atoms with E-state index in [9.17, 15) is 9.59 Å². The highest BCUT2D eigenvalue weighted by Crippen LogP contribution is 2.24. The van der Waals surface area contributed by atoms with Gasteiger partial charge >= 0.3 is 0 Å². The maximum absolute atomic E-state index is 11.9. The lowest BCUT2D eigenvalue weighted by atomic mass is 10.0. The van der Waals surface area contributed by atoms with E-state index in [4.69, 9.17) is 9.47 Å². The second-order valence-corrected chi connectivity index (χ2v) is 3.56. The Hall–Kier alpha value is -0.740. The Balaban J connectivity index is 2.57. The summed E-state index contributed by atoms with van der Waals surface area (Å²) in [6.45, 7) is 4.43. The minimum absolute atomic E-state index is 0.0319. The van der Waals surface area contributed by atoms with Crippen LogP contribution >= 0.6 is 0 Å². The molecule has 0 aliphatic heterocycles. The molecule has 0 aromatic carbocycles. The fourth-order valence-electron chi connectivity index (χ4n) is 1.80. The smallest absolute Gasteiger partial charge is 0.218 e.